The molecule has 1 aromatic carbocycles. The largest absolute Gasteiger partial charge is 0.372 e. The molecule has 2 aromatic rings. The average Bonchev–Trinajstić information content (AvgIpc) is 2.62. The number of carbonyl (C=O) groups is 1. The van der Waals surface area contributed by atoms with Gasteiger partial charge in [-0.05, 0) is 64.3 Å². The number of amides is 1. The van der Waals surface area contributed by atoms with E-state index in [2.05, 4.69) is 37.6 Å². The number of anilines is 3. The second-order valence-corrected chi connectivity index (χ2v) is 7.71. The second-order valence-electron chi connectivity index (χ2n) is 7.71. The van der Waals surface area contributed by atoms with Crippen molar-refractivity contribution in [3.8, 4) is 0 Å². The van der Waals surface area contributed by atoms with Crippen LogP contribution in [0.25, 0.3) is 0 Å². The molecule has 1 amide bonds. The van der Waals surface area contributed by atoms with Gasteiger partial charge in [0.25, 0.3) is 5.91 Å². The number of nitrogens with one attached hydrogen (secondary N) is 2. The Morgan fingerprint density at radius 2 is 1.73 bits per heavy atom. The lowest BCUT2D eigenvalue weighted by atomic mass is 10.1. The Hall–Kier alpha value is -2.63. The minimum atomic E-state index is -0.241. The summed E-state index contributed by atoms with van der Waals surface area (Å²) in [6.07, 6.45) is 5.21. The molecule has 2 heterocycles. The van der Waals surface area contributed by atoms with Gasteiger partial charge in [-0.25, -0.2) is 9.97 Å². The van der Waals surface area contributed by atoms with Crippen molar-refractivity contribution < 1.29 is 4.79 Å². The zero-order valence-electron chi connectivity index (χ0n) is 15.7. The first-order valence-corrected chi connectivity index (χ1v) is 9.17. The average molecular weight is 353 g/mol. The van der Waals surface area contributed by atoms with Crippen molar-refractivity contribution in [2.45, 2.75) is 45.6 Å². The van der Waals surface area contributed by atoms with Crippen LogP contribution >= 0.6 is 0 Å². The number of hydrogen-bond donors (Lipinski definition) is 2. The van der Waals surface area contributed by atoms with Crippen molar-refractivity contribution >= 4 is 23.1 Å². The van der Waals surface area contributed by atoms with E-state index in [0.29, 0.717) is 11.5 Å². The molecule has 0 aliphatic carbocycles. The highest BCUT2D eigenvalue weighted by Gasteiger charge is 2.14. The maximum Gasteiger partial charge on any atom is 0.274 e. The Kier molecular flexibility index (Phi) is 5.40. The Labute approximate surface area is 155 Å². The fraction of sp³-hybridized carbons (Fsp3) is 0.450. The van der Waals surface area contributed by atoms with E-state index < -0.39 is 0 Å². The van der Waals surface area contributed by atoms with E-state index in [-0.39, 0.29) is 11.4 Å². The summed E-state index contributed by atoms with van der Waals surface area (Å²) in [5.74, 6) is 0.396. The van der Waals surface area contributed by atoms with Gasteiger partial charge in [-0.3, -0.25) is 4.79 Å². The van der Waals surface area contributed by atoms with Gasteiger partial charge in [0.2, 0.25) is 0 Å². The number of carbonyl (C=O) groups excluding carboxylic acids is 1. The lowest BCUT2D eigenvalue weighted by molar-refractivity contribution is 0.102. The van der Waals surface area contributed by atoms with Gasteiger partial charge in [0.05, 0.1) is 0 Å². The van der Waals surface area contributed by atoms with Gasteiger partial charge in [-0.15, -0.1) is 0 Å². The van der Waals surface area contributed by atoms with E-state index >= 15 is 0 Å². The zero-order chi connectivity index (χ0) is 18.6. The van der Waals surface area contributed by atoms with Crippen LogP contribution in [-0.4, -0.2) is 34.5 Å². The number of benzene rings is 1. The summed E-state index contributed by atoms with van der Waals surface area (Å²) in [5.41, 5.74) is 2.18. The molecule has 0 bridgehead atoms. The number of rotatable bonds is 4. The molecule has 0 saturated carbocycles. The molecule has 0 atom stereocenters. The Morgan fingerprint density at radius 3 is 2.38 bits per heavy atom. The Morgan fingerprint density at radius 1 is 1.04 bits per heavy atom. The summed E-state index contributed by atoms with van der Waals surface area (Å²) in [6.45, 7) is 8.34. The minimum Gasteiger partial charge on any atom is -0.372 e. The number of hydrogen-bond acceptors (Lipinski definition) is 5. The fourth-order valence-corrected chi connectivity index (χ4v) is 3.04. The van der Waals surface area contributed by atoms with Crippen LogP contribution in [0.15, 0.2) is 36.7 Å². The lowest BCUT2D eigenvalue weighted by Gasteiger charge is -2.28. The number of piperidine rings is 1. The van der Waals surface area contributed by atoms with E-state index in [4.69, 9.17) is 0 Å². The van der Waals surface area contributed by atoms with E-state index in [1.807, 2.05) is 32.9 Å². The van der Waals surface area contributed by atoms with Crippen LogP contribution in [0.5, 0.6) is 0 Å². The first-order valence-electron chi connectivity index (χ1n) is 9.17. The second kappa shape index (κ2) is 7.72. The maximum absolute atomic E-state index is 12.5. The maximum atomic E-state index is 12.5. The lowest BCUT2D eigenvalue weighted by Crippen LogP contribution is -2.29. The first kappa shape index (κ1) is 18.2. The predicted octanol–water partition coefficient (Wildman–Crippen LogP) is 3.93. The molecule has 1 aromatic heterocycles. The van der Waals surface area contributed by atoms with Crippen LogP contribution in [0.2, 0.25) is 0 Å². The van der Waals surface area contributed by atoms with Crippen LogP contribution in [0, 0.1) is 0 Å². The number of nitrogens with zero attached hydrogens (tertiary/aromatic N) is 3. The summed E-state index contributed by atoms with van der Waals surface area (Å²) < 4.78 is 0. The third-order valence-corrected chi connectivity index (χ3v) is 4.25. The molecule has 26 heavy (non-hydrogen) atoms. The summed E-state index contributed by atoms with van der Waals surface area (Å²) >= 11 is 0. The van der Waals surface area contributed by atoms with E-state index in [9.17, 15) is 4.79 Å². The molecule has 0 radical (unpaired) electrons. The standard InChI is InChI=1S/C20H27N5O/c1-20(2,3)24-18-13-17(21-14-22-18)19(26)23-15-7-9-16(10-8-15)25-11-5-4-6-12-25/h7-10,13-14H,4-6,11-12H2,1-3H3,(H,23,26)(H,21,22,24). The third kappa shape index (κ3) is 4.94. The molecule has 1 saturated heterocycles. The number of aromatic nitrogens is 2. The molecule has 0 spiro atoms. The molecule has 1 aliphatic heterocycles. The van der Waals surface area contributed by atoms with Crippen LogP contribution < -0.4 is 15.5 Å². The van der Waals surface area contributed by atoms with E-state index in [1.54, 1.807) is 6.07 Å². The van der Waals surface area contributed by atoms with Crippen molar-refractivity contribution in [1.29, 1.82) is 0 Å². The van der Waals surface area contributed by atoms with Crippen molar-refractivity contribution in [3.63, 3.8) is 0 Å². The van der Waals surface area contributed by atoms with Gasteiger partial charge in [-0.1, -0.05) is 0 Å². The van der Waals surface area contributed by atoms with Crippen LogP contribution in [0.4, 0.5) is 17.2 Å². The molecule has 1 fully saturated rings. The topological polar surface area (TPSA) is 70.2 Å². The molecule has 1 aliphatic rings. The summed E-state index contributed by atoms with van der Waals surface area (Å²) in [7, 11) is 0. The normalized spacial score (nSPS) is 14.8. The van der Waals surface area contributed by atoms with Crippen LogP contribution in [-0.2, 0) is 0 Å². The van der Waals surface area contributed by atoms with Crippen LogP contribution in [0.3, 0.4) is 0 Å². The summed E-state index contributed by atoms with van der Waals surface area (Å²) in [4.78, 5) is 23.1. The summed E-state index contributed by atoms with van der Waals surface area (Å²) in [5, 5.41) is 6.15. The van der Waals surface area contributed by atoms with Gasteiger partial charge in [0.15, 0.2) is 0 Å². The third-order valence-electron chi connectivity index (χ3n) is 4.25. The molecular weight excluding hydrogens is 326 g/mol. The quantitative estimate of drug-likeness (QED) is 0.871. The van der Waals surface area contributed by atoms with Gasteiger partial charge in [0.1, 0.15) is 17.8 Å². The monoisotopic (exact) mass is 353 g/mol. The summed E-state index contributed by atoms with van der Waals surface area (Å²) in [6, 6.07) is 9.68. The van der Waals surface area contributed by atoms with Gasteiger partial charge < -0.3 is 15.5 Å². The fourth-order valence-electron chi connectivity index (χ4n) is 3.04. The minimum absolute atomic E-state index is 0.133. The van der Waals surface area contributed by atoms with Gasteiger partial charge in [0, 0.05) is 36.1 Å². The molecule has 6 nitrogen and oxygen atoms in total. The van der Waals surface area contributed by atoms with E-state index in [1.165, 1.54) is 31.3 Å². The highest BCUT2D eigenvalue weighted by molar-refractivity contribution is 6.03. The van der Waals surface area contributed by atoms with E-state index in [0.717, 1.165) is 18.8 Å². The smallest absolute Gasteiger partial charge is 0.274 e. The highest BCUT2D eigenvalue weighted by atomic mass is 16.1. The molecule has 2 N–H and O–H groups in total. The van der Waals surface area contributed by atoms with Gasteiger partial charge >= 0.3 is 0 Å². The molecule has 6 heteroatoms. The molecule has 138 valence electrons. The highest BCUT2D eigenvalue weighted by Crippen LogP contribution is 2.22. The molecular formula is C20H27N5O. The van der Waals surface area contributed by atoms with Crippen LogP contribution in [0.1, 0.15) is 50.5 Å². The zero-order valence-corrected chi connectivity index (χ0v) is 15.7. The predicted molar refractivity (Wildman–Crippen MR) is 106 cm³/mol. The van der Waals surface area contributed by atoms with Crippen molar-refractivity contribution in [3.05, 3.63) is 42.4 Å². The SMILES string of the molecule is CC(C)(C)Nc1cc(C(=O)Nc2ccc(N3CCCCC3)cc2)ncn1. The van der Waals surface area contributed by atoms with Crippen molar-refractivity contribution in [1.82, 2.24) is 9.97 Å². The molecule has 3 rings (SSSR count). The van der Waals surface area contributed by atoms with Gasteiger partial charge in [-0.2, -0.15) is 0 Å². The first-order chi connectivity index (χ1) is 12.4. The molecule has 0 unspecified atom stereocenters. The Balaban J connectivity index is 1.65. The van der Waals surface area contributed by atoms with Crippen molar-refractivity contribution in [2.75, 3.05) is 28.6 Å². The van der Waals surface area contributed by atoms with Crippen molar-refractivity contribution in [2.24, 2.45) is 0 Å². The Bertz CT molecular complexity index is 746.